The molecule has 6 nitrogen and oxygen atoms in total. The van der Waals surface area contributed by atoms with E-state index in [0.717, 1.165) is 22.7 Å². The number of amides is 2. The monoisotopic (exact) mass is 415 g/mol. The minimum Gasteiger partial charge on any atom is -0.487 e. The molecule has 1 aromatic carbocycles. The van der Waals surface area contributed by atoms with Gasteiger partial charge < -0.3 is 4.74 Å². The number of hydrogen-bond donors (Lipinski definition) is 2. The minimum absolute atomic E-state index is 0.320. The normalized spacial score (nSPS) is 10.5. The van der Waals surface area contributed by atoms with Gasteiger partial charge in [-0.3, -0.25) is 20.4 Å². The zero-order chi connectivity index (χ0) is 20.1. The van der Waals surface area contributed by atoms with Crippen LogP contribution in [-0.4, -0.2) is 16.8 Å². The predicted octanol–water partition coefficient (Wildman–Crippen LogP) is 4.04. The Labute approximate surface area is 171 Å². The molecule has 0 aliphatic carbocycles. The number of hydrazine groups is 1. The van der Waals surface area contributed by atoms with Gasteiger partial charge in [-0.05, 0) is 56.2 Å². The SMILES string of the molecule is CCc1sc(C(=O)NNC(=O)c2ccc(OCc3csc(C)n3)cc2)cc1C. The number of hydrogen-bond acceptors (Lipinski definition) is 6. The largest absolute Gasteiger partial charge is 0.487 e. The Morgan fingerprint density at radius 3 is 2.43 bits per heavy atom. The Morgan fingerprint density at radius 1 is 1.11 bits per heavy atom. The van der Waals surface area contributed by atoms with Gasteiger partial charge >= 0.3 is 0 Å². The number of nitrogens with zero attached hydrogens (tertiary/aromatic N) is 1. The van der Waals surface area contributed by atoms with Gasteiger partial charge in [0.25, 0.3) is 11.8 Å². The van der Waals surface area contributed by atoms with E-state index >= 15 is 0 Å². The van der Waals surface area contributed by atoms with E-state index < -0.39 is 0 Å². The molecule has 0 atom stereocenters. The second-order valence-corrected chi connectivity index (χ2v) is 8.35. The lowest BCUT2D eigenvalue weighted by Crippen LogP contribution is -2.41. The predicted molar refractivity (Wildman–Crippen MR) is 111 cm³/mol. The van der Waals surface area contributed by atoms with Gasteiger partial charge in [0.05, 0.1) is 15.6 Å². The highest BCUT2D eigenvalue weighted by molar-refractivity contribution is 7.14. The van der Waals surface area contributed by atoms with Crippen LogP contribution < -0.4 is 15.6 Å². The van der Waals surface area contributed by atoms with Crippen LogP contribution in [0.2, 0.25) is 0 Å². The van der Waals surface area contributed by atoms with Gasteiger partial charge in [-0.15, -0.1) is 22.7 Å². The molecule has 2 amide bonds. The highest BCUT2D eigenvalue weighted by Crippen LogP contribution is 2.22. The number of thiophene rings is 1. The van der Waals surface area contributed by atoms with Crippen molar-refractivity contribution in [2.75, 3.05) is 0 Å². The standard InChI is InChI=1S/C20H21N3O3S2/c1-4-17-12(2)9-18(28-17)20(25)23-22-19(24)14-5-7-16(8-6-14)26-10-15-11-27-13(3)21-15/h5-9,11H,4,10H2,1-3H3,(H,22,24)(H,23,25). The summed E-state index contributed by atoms with van der Waals surface area (Å²) in [7, 11) is 0. The smallest absolute Gasteiger partial charge is 0.279 e. The molecule has 0 unspecified atom stereocenters. The van der Waals surface area contributed by atoms with Crippen LogP contribution >= 0.6 is 22.7 Å². The summed E-state index contributed by atoms with van der Waals surface area (Å²) in [5.74, 6) is -0.0638. The Morgan fingerprint density at radius 2 is 1.82 bits per heavy atom. The van der Waals surface area contributed by atoms with Crippen molar-refractivity contribution in [2.24, 2.45) is 0 Å². The second kappa shape index (κ2) is 8.99. The number of ether oxygens (including phenoxy) is 1. The number of thiazole rings is 1. The van der Waals surface area contributed by atoms with E-state index in [4.69, 9.17) is 4.74 Å². The first-order valence-corrected chi connectivity index (χ1v) is 10.5. The number of aromatic nitrogens is 1. The molecule has 0 saturated heterocycles. The first-order chi connectivity index (χ1) is 13.5. The van der Waals surface area contributed by atoms with Gasteiger partial charge in [0.15, 0.2) is 0 Å². The van der Waals surface area contributed by atoms with E-state index in [0.29, 0.717) is 22.8 Å². The number of nitrogens with one attached hydrogen (secondary N) is 2. The maximum atomic E-state index is 12.2. The van der Waals surface area contributed by atoms with Crippen molar-refractivity contribution in [2.45, 2.75) is 33.8 Å². The van der Waals surface area contributed by atoms with E-state index in [1.807, 2.05) is 32.2 Å². The number of benzene rings is 1. The number of carbonyl (C=O) groups is 2. The lowest BCUT2D eigenvalue weighted by molar-refractivity contribution is 0.0849. The average molecular weight is 416 g/mol. The Hall–Kier alpha value is -2.71. The minimum atomic E-state index is -0.390. The number of aryl methyl sites for hydroxylation is 3. The van der Waals surface area contributed by atoms with Gasteiger partial charge in [0.1, 0.15) is 12.4 Å². The van der Waals surface area contributed by atoms with E-state index in [-0.39, 0.29) is 11.8 Å². The summed E-state index contributed by atoms with van der Waals surface area (Å²) in [6, 6.07) is 8.56. The number of carbonyl (C=O) groups excluding carboxylic acids is 2. The van der Waals surface area contributed by atoms with Crippen molar-refractivity contribution in [1.29, 1.82) is 0 Å². The van der Waals surface area contributed by atoms with Crippen LogP contribution in [0.15, 0.2) is 35.7 Å². The van der Waals surface area contributed by atoms with Crippen LogP contribution in [0, 0.1) is 13.8 Å². The third kappa shape index (κ3) is 4.96. The summed E-state index contributed by atoms with van der Waals surface area (Å²) in [6.07, 6.45) is 0.882. The van der Waals surface area contributed by atoms with Crippen molar-refractivity contribution in [1.82, 2.24) is 15.8 Å². The molecular formula is C20H21N3O3S2. The molecule has 0 spiro atoms. The van der Waals surface area contributed by atoms with Gasteiger partial charge in [-0.1, -0.05) is 6.92 Å². The quantitative estimate of drug-likeness (QED) is 0.596. The first kappa shape index (κ1) is 20.0. The lowest BCUT2D eigenvalue weighted by atomic mass is 10.2. The van der Waals surface area contributed by atoms with Crippen LogP contribution in [-0.2, 0) is 13.0 Å². The van der Waals surface area contributed by atoms with Crippen LogP contribution in [0.3, 0.4) is 0 Å². The Bertz CT molecular complexity index is 977. The fourth-order valence-electron chi connectivity index (χ4n) is 2.56. The molecule has 3 aromatic rings. The van der Waals surface area contributed by atoms with Gasteiger partial charge in [0.2, 0.25) is 0 Å². The van der Waals surface area contributed by atoms with Crippen molar-refractivity contribution >= 4 is 34.5 Å². The van der Waals surface area contributed by atoms with Crippen molar-refractivity contribution < 1.29 is 14.3 Å². The van der Waals surface area contributed by atoms with Crippen LogP contribution in [0.5, 0.6) is 5.75 Å². The van der Waals surface area contributed by atoms with Gasteiger partial charge in [-0.25, -0.2) is 4.98 Å². The molecule has 0 aliphatic heterocycles. The molecule has 8 heteroatoms. The maximum absolute atomic E-state index is 12.2. The van der Waals surface area contributed by atoms with Crippen molar-refractivity contribution in [3.63, 3.8) is 0 Å². The fraction of sp³-hybridized carbons (Fsp3) is 0.250. The van der Waals surface area contributed by atoms with E-state index in [9.17, 15) is 9.59 Å². The Kier molecular flexibility index (Phi) is 6.43. The fourth-order valence-corrected chi connectivity index (χ4v) is 4.17. The summed E-state index contributed by atoms with van der Waals surface area (Å²) in [5, 5.41) is 2.95. The summed E-state index contributed by atoms with van der Waals surface area (Å²) in [5.41, 5.74) is 7.29. The van der Waals surface area contributed by atoms with Crippen LogP contribution in [0.4, 0.5) is 0 Å². The van der Waals surface area contributed by atoms with Crippen molar-refractivity contribution in [3.8, 4) is 5.75 Å². The van der Waals surface area contributed by atoms with Crippen molar-refractivity contribution in [3.05, 3.63) is 67.3 Å². The molecule has 0 saturated carbocycles. The molecular weight excluding hydrogens is 394 g/mol. The van der Waals surface area contributed by atoms with E-state index in [1.54, 1.807) is 35.6 Å². The van der Waals surface area contributed by atoms with Gasteiger partial charge in [-0.2, -0.15) is 0 Å². The first-order valence-electron chi connectivity index (χ1n) is 8.80. The van der Waals surface area contributed by atoms with E-state index in [2.05, 4.69) is 15.8 Å². The lowest BCUT2D eigenvalue weighted by Gasteiger charge is -2.08. The molecule has 2 heterocycles. The molecule has 0 aliphatic rings. The number of rotatable bonds is 6. The summed E-state index contributed by atoms with van der Waals surface area (Å²) in [6.45, 7) is 6.35. The molecule has 2 N–H and O–H groups in total. The average Bonchev–Trinajstić information content (AvgIpc) is 3.29. The molecule has 146 valence electrons. The van der Waals surface area contributed by atoms with Gasteiger partial charge in [0, 0.05) is 15.8 Å². The van der Waals surface area contributed by atoms with E-state index in [1.165, 1.54) is 16.2 Å². The summed E-state index contributed by atoms with van der Waals surface area (Å²) < 4.78 is 5.66. The third-order valence-electron chi connectivity index (χ3n) is 4.02. The zero-order valence-corrected chi connectivity index (χ0v) is 17.5. The maximum Gasteiger partial charge on any atom is 0.279 e. The molecule has 0 fully saturated rings. The zero-order valence-electron chi connectivity index (χ0n) is 15.9. The second-order valence-electron chi connectivity index (χ2n) is 6.15. The highest BCUT2D eigenvalue weighted by atomic mass is 32.1. The Balaban J connectivity index is 1.51. The summed E-state index contributed by atoms with van der Waals surface area (Å²) in [4.78, 5) is 30.5. The van der Waals surface area contributed by atoms with Crippen LogP contribution in [0.1, 0.15) is 48.1 Å². The third-order valence-corrected chi connectivity index (χ3v) is 6.23. The molecule has 0 radical (unpaired) electrons. The highest BCUT2D eigenvalue weighted by Gasteiger charge is 2.13. The van der Waals surface area contributed by atoms with Crippen LogP contribution in [0.25, 0.3) is 0 Å². The molecule has 28 heavy (non-hydrogen) atoms. The summed E-state index contributed by atoms with van der Waals surface area (Å²) >= 11 is 3.02. The molecule has 2 aromatic heterocycles. The molecule has 3 rings (SSSR count). The topological polar surface area (TPSA) is 80.3 Å². The molecule has 0 bridgehead atoms.